The fourth-order valence-electron chi connectivity index (χ4n) is 2.93. The summed E-state index contributed by atoms with van der Waals surface area (Å²) in [7, 11) is -1.77. The second kappa shape index (κ2) is 6.76. The predicted molar refractivity (Wildman–Crippen MR) is 102 cm³/mol. The first-order valence-corrected chi connectivity index (χ1v) is 10.4. The molecule has 1 saturated carbocycles. The van der Waals surface area contributed by atoms with Crippen LogP contribution in [0.3, 0.4) is 0 Å². The normalized spacial score (nSPS) is 16.2. The van der Waals surface area contributed by atoms with Gasteiger partial charge in [0.1, 0.15) is 0 Å². The van der Waals surface area contributed by atoms with Gasteiger partial charge in [-0.15, -0.1) is 0 Å². The van der Waals surface area contributed by atoms with Crippen LogP contribution in [0.2, 0.25) is 10.0 Å². The van der Waals surface area contributed by atoms with Crippen LogP contribution in [0.15, 0.2) is 30.6 Å². The van der Waals surface area contributed by atoms with Gasteiger partial charge in [-0.05, 0) is 36.5 Å². The van der Waals surface area contributed by atoms with Gasteiger partial charge in [0, 0.05) is 30.6 Å². The van der Waals surface area contributed by atoms with E-state index in [0.29, 0.717) is 26.9 Å². The first-order chi connectivity index (χ1) is 11.7. The van der Waals surface area contributed by atoms with Crippen LogP contribution in [-0.4, -0.2) is 31.0 Å². The smallest absolute Gasteiger partial charge is 0.211 e. The molecule has 0 bridgehead atoms. The molecule has 5 nitrogen and oxygen atoms in total. The minimum absolute atomic E-state index is 0.254. The van der Waals surface area contributed by atoms with Crippen LogP contribution in [0.25, 0.3) is 11.1 Å². The Hall–Kier alpha value is -1.34. The molecule has 0 radical (unpaired) electrons. The van der Waals surface area contributed by atoms with E-state index in [-0.39, 0.29) is 12.0 Å². The quantitative estimate of drug-likeness (QED) is 0.771. The van der Waals surface area contributed by atoms with Crippen LogP contribution < -0.4 is 5.73 Å². The monoisotopic (exact) mass is 399 g/mol. The zero-order chi connectivity index (χ0) is 18.4. The van der Waals surface area contributed by atoms with E-state index in [1.54, 1.807) is 31.6 Å². The molecule has 1 unspecified atom stereocenters. The molecule has 2 N–H and O–H groups in total. The molecule has 25 heavy (non-hydrogen) atoms. The Bertz CT molecular complexity index is 914. The van der Waals surface area contributed by atoms with E-state index >= 15 is 0 Å². The van der Waals surface area contributed by atoms with Gasteiger partial charge in [0.25, 0.3) is 0 Å². The Balaban J connectivity index is 2.09. The zero-order valence-electron chi connectivity index (χ0n) is 13.9. The Kier molecular flexibility index (Phi) is 4.99. The summed E-state index contributed by atoms with van der Waals surface area (Å²) in [4.78, 5) is 4.29. The molecular weight excluding hydrogens is 381 g/mol. The molecule has 1 aliphatic carbocycles. The lowest BCUT2D eigenvalue weighted by Gasteiger charge is -2.27. The molecule has 1 aliphatic rings. The summed E-state index contributed by atoms with van der Waals surface area (Å²) in [5.41, 5.74) is 8.45. The molecule has 1 atom stereocenters. The highest BCUT2D eigenvalue weighted by molar-refractivity contribution is 7.88. The maximum Gasteiger partial charge on any atom is 0.211 e. The Morgan fingerprint density at radius 2 is 1.96 bits per heavy atom. The average molecular weight is 400 g/mol. The van der Waals surface area contributed by atoms with Crippen molar-refractivity contribution in [3.63, 3.8) is 0 Å². The number of nitrogen functional groups attached to an aromatic ring is 1. The van der Waals surface area contributed by atoms with E-state index in [2.05, 4.69) is 4.98 Å². The lowest BCUT2D eigenvalue weighted by Crippen LogP contribution is -2.31. The average Bonchev–Trinajstić information content (AvgIpc) is 3.36. The van der Waals surface area contributed by atoms with Gasteiger partial charge in [-0.2, -0.15) is 4.31 Å². The van der Waals surface area contributed by atoms with Crippen molar-refractivity contribution in [2.45, 2.75) is 18.9 Å². The number of sulfonamides is 1. The lowest BCUT2D eigenvalue weighted by atomic mass is 9.99. The Morgan fingerprint density at radius 3 is 2.52 bits per heavy atom. The molecule has 8 heteroatoms. The van der Waals surface area contributed by atoms with E-state index in [4.69, 9.17) is 28.9 Å². The van der Waals surface area contributed by atoms with E-state index in [9.17, 15) is 8.42 Å². The molecule has 3 rings (SSSR count). The summed E-state index contributed by atoms with van der Waals surface area (Å²) in [6.45, 7) is 0. The van der Waals surface area contributed by atoms with Crippen molar-refractivity contribution in [3.8, 4) is 11.1 Å². The molecule has 1 aromatic carbocycles. The first-order valence-electron chi connectivity index (χ1n) is 7.82. The largest absolute Gasteiger partial charge is 0.398 e. The van der Waals surface area contributed by atoms with Gasteiger partial charge < -0.3 is 5.73 Å². The van der Waals surface area contributed by atoms with Crippen LogP contribution in [0.4, 0.5) is 5.69 Å². The molecule has 1 fully saturated rings. The number of aromatic nitrogens is 1. The molecular formula is C17H19Cl2N3O2S. The van der Waals surface area contributed by atoms with Gasteiger partial charge in [-0.1, -0.05) is 29.3 Å². The summed E-state index contributed by atoms with van der Waals surface area (Å²) in [5.74, 6) is 0.254. The summed E-state index contributed by atoms with van der Waals surface area (Å²) in [6.07, 6.45) is 6.44. The lowest BCUT2D eigenvalue weighted by molar-refractivity contribution is 0.344. The summed E-state index contributed by atoms with van der Waals surface area (Å²) >= 11 is 12.8. The first kappa shape index (κ1) is 18.5. The summed E-state index contributed by atoms with van der Waals surface area (Å²) < 4.78 is 25.5. The van der Waals surface area contributed by atoms with Crippen LogP contribution in [0, 0.1) is 5.92 Å². The van der Waals surface area contributed by atoms with Crippen molar-refractivity contribution in [2.24, 2.45) is 5.92 Å². The number of pyridine rings is 1. The van der Waals surface area contributed by atoms with Crippen molar-refractivity contribution in [1.29, 1.82) is 0 Å². The summed E-state index contributed by atoms with van der Waals surface area (Å²) in [5, 5.41) is 0.925. The van der Waals surface area contributed by atoms with Crippen LogP contribution >= 0.6 is 23.2 Å². The third kappa shape index (κ3) is 3.77. The second-order valence-corrected chi connectivity index (χ2v) is 9.22. The number of rotatable bonds is 5. The molecule has 134 valence electrons. The van der Waals surface area contributed by atoms with Crippen molar-refractivity contribution >= 4 is 38.9 Å². The topological polar surface area (TPSA) is 76.3 Å². The molecule has 0 saturated heterocycles. The van der Waals surface area contributed by atoms with Crippen LogP contribution in [-0.2, 0) is 10.0 Å². The minimum Gasteiger partial charge on any atom is -0.398 e. The highest BCUT2D eigenvalue weighted by Crippen LogP contribution is 2.48. The van der Waals surface area contributed by atoms with Gasteiger partial charge in [0.15, 0.2) is 0 Å². The maximum atomic E-state index is 12.1. The molecule has 1 aromatic heterocycles. The fraction of sp³-hybridized carbons (Fsp3) is 0.353. The van der Waals surface area contributed by atoms with Crippen LogP contribution in [0.1, 0.15) is 24.4 Å². The highest BCUT2D eigenvalue weighted by Gasteiger charge is 2.39. The van der Waals surface area contributed by atoms with E-state index in [0.717, 1.165) is 18.4 Å². The zero-order valence-corrected chi connectivity index (χ0v) is 16.2. The molecule has 0 spiro atoms. The number of halogens is 2. The standard InChI is InChI=1S/C17H19Cl2N3O2S/c1-22(25(2,23)24)17(10-3-4-10)13-9-21-8-12(16(13)19)11-5-6-15(20)14(18)7-11/h5-10,17H,3-4,20H2,1-2H3. The molecule has 1 heterocycles. The van der Waals surface area contributed by atoms with Gasteiger partial charge in [-0.25, -0.2) is 8.42 Å². The number of nitrogens with zero attached hydrogens (tertiary/aromatic N) is 2. The summed E-state index contributed by atoms with van der Waals surface area (Å²) in [6, 6.07) is 4.94. The van der Waals surface area contributed by atoms with Crippen molar-refractivity contribution in [1.82, 2.24) is 9.29 Å². The van der Waals surface area contributed by atoms with Crippen molar-refractivity contribution < 1.29 is 8.42 Å². The molecule has 0 aliphatic heterocycles. The molecule has 2 aromatic rings. The minimum atomic E-state index is -3.35. The van der Waals surface area contributed by atoms with Gasteiger partial charge in [-0.3, -0.25) is 4.98 Å². The Morgan fingerprint density at radius 1 is 1.28 bits per heavy atom. The van der Waals surface area contributed by atoms with E-state index < -0.39 is 10.0 Å². The van der Waals surface area contributed by atoms with Gasteiger partial charge in [0.2, 0.25) is 10.0 Å². The Labute approximate surface area is 157 Å². The number of hydrogen-bond donors (Lipinski definition) is 1. The third-order valence-corrected chi connectivity index (χ3v) is 6.54. The second-order valence-electron chi connectivity index (χ2n) is 6.39. The van der Waals surface area contributed by atoms with Crippen molar-refractivity contribution in [3.05, 3.63) is 46.2 Å². The number of nitrogens with two attached hydrogens (primary N) is 1. The van der Waals surface area contributed by atoms with Crippen molar-refractivity contribution in [2.75, 3.05) is 19.0 Å². The number of anilines is 1. The highest BCUT2D eigenvalue weighted by atomic mass is 35.5. The van der Waals surface area contributed by atoms with Gasteiger partial charge in [0.05, 0.1) is 28.0 Å². The number of benzene rings is 1. The third-order valence-electron chi connectivity index (χ3n) is 4.52. The van der Waals surface area contributed by atoms with Gasteiger partial charge >= 0.3 is 0 Å². The number of hydrogen-bond acceptors (Lipinski definition) is 4. The molecule has 0 amide bonds. The predicted octanol–water partition coefficient (Wildman–Crippen LogP) is 3.98. The fourth-order valence-corrected chi connectivity index (χ4v) is 4.13. The maximum absolute atomic E-state index is 12.1. The van der Waals surface area contributed by atoms with E-state index in [1.165, 1.54) is 10.6 Å². The van der Waals surface area contributed by atoms with Crippen LogP contribution in [0.5, 0.6) is 0 Å². The SMILES string of the molecule is CN(C(c1cncc(-c2ccc(N)c(Cl)c2)c1Cl)C1CC1)S(C)(=O)=O. The van der Waals surface area contributed by atoms with E-state index in [1.807, 2.05) is 6.07 Å².